The maximum Gasteiger partial charge on any atom is 0.262 e. The van der Waals surface area contributed by atoms with Gasteiger partial charge in [-0.1, -0.05) is 53.5 Å². The maximum atomic E-state index is 14.9. The molecule has 0 unspecified atom stereocenters. The van der Waals surface area contributed by atoms with Crippen LogP contribution in [0.1, 0.15) is 63.9 Å². The number of hydrogen-bond donors (Lipinski definition) is 1. The molecule has 2 heterocycles. The largest absolute Gasteiger partial charge is 0.361 e. The van der Waals surface area contributed by atoms with Gasteiger partial charge in [0.15, 0.2) is 0 Å². The molecule has 6 nitrogen and oxygen atoms in total. The summed E-state index contributed by atoms with van der Waals surface area (Å²) in [5, 5.41) is 7.43. The third-order valence-electron chi connectivity index (χ3n) is 7.04. The van der Waals surface area contributed by atoms with Gasteiger partial charge in [-0.05, 0) is 51.2 Å². The molecule has 1 aliphatic carbocycles. The van der Waals surface area contributed by atoms with Crippen molar-refractivity contribution in [1.29, 1.82) is 0 Å². The number of rotatable bonds is 6. The first-order valence-electron chi connectivity index (χ1n) is 11.9. The van der Waals surface area contributed by atoms with E-state index in [2.05, 4.69) is 16.5 Å². The van der Waals surface area contributed by atoms with Crippen molar-refractivity contribution in [3.05, 3.63) is 98.5 Å². The van der Waals surface area contributed by atoms with Gasteiger partial charge in [-0.15, -0.1) is 0 Å². The number of hydrogen-bond acceptors (Lipinski definition) is 4. The van der Waals surface area contributed by atoms with Crippen LogP contribution in [0.4, 0.5) is 4.39 Å². The Morgan fingerprint density at radius 3 is 2.60 bits per heavy atom. The summed E-state index contributed by atoms with van der Waals surface area (Å²) in [6, 6.07) is 14.1. The van der Waals surface area contributed by atoms with Gasteiger partial charge in [-0.3, -0.25) is 9.59 Å². The first-order chi connectivity index (χ1) is 16.8. The highest BCUT2D eigenvalue weighted by molar-refractivity contribution is 6.08. The third kappa shape index (κ3) is 4.27. The van der Waals surface area contributed by atoms with Crippen LogP contribution in [0.3, 0.4) is 0 Å². The van der Waals surface area contributed by atoms with Crippen molar-refractivity contribution in [3.63, 3.8) is 0 Å². The molecule has 2 aromatic carbocycles. The number of benzene rings is 2. The van der Waals surface area contributed by atoms with Crippen molar-refractivity contribution < 1.29 is 13.7 Å². The van der Waals surface area contributed by atoms with Crippen molar-refractivity contribution in [2.24, 2.45) is 5.92 Å². The van der Waals surface area contributed by atoms with Gasteiger partial charge < -0.3 is 14.4 Å². The summed E-state index contributed by atoms with van der Waals surface area (Å²) in [4.78, 5) is 27.2. The Hall–Kier alpha value is -3.74. The zero-order valence-electron chi connectivity index (χ0n) is 20.1. The van der Waals surface area contributed by atoms with Crippen LogP contribution in [0.15, 0.2) is 57.8 Å². The van der Waals surface area contributed by atoms with Crippen LogP contribution in [0.5, 0.6) is 0 Å². The zero-order chi connectivity index (χ0) is 24.7. The number of carbonyl (C=O) groups is 1. The van der Waals surface area contributed by atoms with E-state index in [0.717, 1.165) is 30.4 Å². The average Bonchev–Trinajstić information content (AvgIpc) is 3.19. The van der Waals surface area contributed by atoms with Crippen molar-refractivity contribution in [2.75, 3.05) is 0 Å². The number of amides is 1. The van der Waals surface area contributed by atoms with Crippen LogP contribution in [-0.4, -0.2) is 15.6 Å². The molecule has 1 atom stereocenters. The number of carbonyl (C=O) groups excluding carboxylic acids is 1. The third-order valence-corrected chi connectivity index (χ3v) is 7.04. The number of halogens is 1. The van der Waals surface area contributed by atoms with E-state index >= 15 is 0 Å². The summed E-state index contributed by atoms with van der Waals surface area (Å²) in [5.41, 5.74) is 2.98. The van der Waals surface area contributed by atoms with Gasteiger partial charge in [0, 0.05) is 17.1 Å². The van der Waals surface area contributed by atoms with Crippen molar-refractivity contribution >= 4 is 16.7 Å². The van der Waals surface area contributed by atoms with E-state index in [-0.39, 0.29) is 23.9 Å². The fraction of sp³-hybridized carbons (Fsp3) is 0.321. The molecule has 0 aliphatic heterocycles. The first-order valence-corrected chi connectivity index (χ1v) is 11.9. The molecule has 1 saturated carbocycles. The Balaban J connectivity index is 1.62. The summed E-state index contributed by atoms with van der Waals surface area (Å²) in [5.74, 6) is -0.0207. The van der Waals surface area contributed by atoms with E-state index in [9.17, 15) is 14.0 Å². The monoisotopic (exact) mass is 473 g/mol. The highest BCUT2D eigenvalue weighted by atomic mass is 19.1. The van der Waals surface area contributed by atoms with Gasteiger partial charge in [0.05, 0.1) is 23.5 Å². The van der Waals surface area contributed by atoms with Crippen molar-refractivity contribution in [1.82, 2.24) is 15.0 Å². The molecular formula is C28H28FN3O3. The molecule has 1 fully saturated rings. The van der Waals surface area contributed by atoms with Gasteiger partial charge in [-0.2, -0.15) is 0 Å². The highest BCUT2D eigenvalue weighted by Gasteiger charge is 2.31. The zero-order valence-corrected chi connectivity index (χ0v) is 20.1. The van der Waals surface area contributed by atoms with E-state index in [4.69, 9.17) is 4.52 Å². The van der Waals surface area contributed by atoms with Crippen molar-refractivity contribution in [2.45, 2.75) is 52.6 Å². The van der Waals surface area contributed by atoms with Crippen molar-refractivity contribution in [3.8, 4) is 0 Å². The summed E-state index contributed by atoms with van der Waals surface area (Å²) in [6.07, 6.45) is 3.22. The Kier molecular flexibility index (Phi) is 6.01. The Morgan fingerprint density at radius 1 is 1.17 bits per heavy atom. The minimum Gasteiger partial charge on any atom is -0.361 e. The lowest BCUT2D eigenvalue weighted by atomic mass is 9.77. The molecule has 180 valence electrons. The molecule has 4 aromatic rings. The van der Waals surface area contributed by atoms with E-state index in [0.29, 0.717) is 34.0 Å². The minimum atomic E-state index is -0.652. The molecule has 35 heavy (non-hydrogen) atoms. The maximum absolute atomic E-state index is 14.9. The van der Waals surface area contributed by atoms with Crippen LogP contribution in [0.2, 0.25) is 0 Å². The molecule has 1 amide bonds. The Morgan fingerprint density at radius 2 is 1.94 bits per heavy atom. The molecule has 2 aromatic heterocycles. The van der Waals surface area contributed by atoms with Gasteiger partial charge in [-0.25, -0.2) is 4.39 Å². The number of nitrogens with one attached hydrogen (secondary N) is 1. The minimum absolute atomic E-state index is 0.0799. The SMILES string of the molecule is Cc1cccc([C@@H](NC(=O)c2c(C)n(Cc3cc(C)on3)c(=O)c3c(F)cccc23)C2CCC2)c1. The van der Waals surface area contributed by atoms with E-state index < -0.39 is 11.4 Å². The van der Waals surface area contributed by atoms with E-state index in [1.165, 1.54) is 16.7 Å². The highest BCUT2D eigenvalue weighted by Crippen LogP contribution is 2.38. The molecule has 5 rings (SSSR count). The summed E-state index contributed by atoms with van der Waals surface area (Å²) >= 11 is 0. The number of pyridine rings is 1. The second kappa shape index (κ2) is 9.13. The molecule has 7 heteroatoms. The number of nitrogens with zero attached hydrogens (tertiary/aromatic N) is 2. The normalized spacial score (nSPS) is 14.6. The molecule has 1 aliphatic rings. The predicted octanol–water partition coefficient (Wildman–Crippen LogP) is 5.37. The Labute approximate surface area is 202 Å². The molecule has 0 radical (unpaired) electrons. The molecule has 1 N–H and O–H groups in total. The van der Waals surface area contributed by atoms with E-state index in [1.807, 2.05) is 25.1 Å². The van der Waals surface area contributed by atoms with Gasteiger partial charge >= 0.3 is 0 Å². The molecule has 0 saturated heterocycles. The summed E-state index contributed by atoms with van der Waals surface area (Å²) in [7, 11) is 0. The van der Waals surface area contributed by atoms with Crippen LogP contribution >= 0.6 is 0 Å². The summed E-state index contributed by atoms with van der Waals surface area (Å²) < 4.78 is 21.5. The number of aromatic nitrogens is 2. The molecule has 0 spiro atoms. The Bertz CT molecular complexity index is 1480. The van der Waals surface area contributed by atoms with E-state index in [1.54, 1.807) is 26.0 Å². The van der Waals surface area contributed by atoms with Crippen LogP contribution in [-0.2, 0) is 6.54 Å². The summed E-state index contributed by atoms with van der Waals surface area (Å²) in [6.45, 7) is 5.59. The first kappa shape index (κ1) is 23.0. The molecular weight excluding hydrogens is 445 g/mol. The van der Waals surface area contributed by atoms with Gasteiger partial charge in [0.1, 0.15) is 17.3 Å². The number of aryl methyl sites for hydroxylation is 2. The van der Waals surface area contributed by atoms with Crippen LogP contribution in [0, 0.1) is 32.5 Å². The quantitative estimate of drug-likeness (QED) is 0.408. The lowest BCUT2D eigenvalue weighted by Crippen LogP contribution is -2.38. The topological polar surface area (TPSA) is 77.1 Å². The average molecular weight is 474 g/mol. The fourth-order valence-corrected chi connectivity index (χ4v) is 5.02. The lowest BCUT2D eigenvalue weighted by Gasteiger charge is -2.35. The standard InChI is InChI=1S/C28H28FN3O3/c1-16-7-4-10-20(13-16)26(19-8-5-9-19)30-27(33)24-18(3)32(15-21-14-17(2)35-31-21)28(34)25-22(24)11-6-12-23(25)29/h4,6-7,10-14,19,26H,5,8-9,15H2,1-3H3,(H,30,33)/t26-/m0/s1. The fourth-order valence-electron chi connectivity index (χ4n) is 5.02. The lowest BCUT2D eigenvalue weighted by molar-refractivity contribution is 0.0901. The molecule has 0 bridgehead atoms. The number of fused-ring (bicyclic) bond motifs is 1. The smallest absolute Gasteiger partial charge is 0.262 e. The van der Waals surface area contributed by atoms with Gasteiger partial charge in [0.2, 0.25) is 0 Å². The van der Waals surface area contributed by atoms with Crippen LogP contribution < -0.4 is 10.9 Å². The second-order valence-electron chi connectivity index (χ2n) is 9.50. The second-order valence-corrected chi connectivity index (χ2v) is 9.50. The van der Waals surface area contributed by atoms with Crippen LogP contribution in [0.25, 0.3) is 10.8 Å². The predicted molar refractivity (Wildman–Crippen MR) is 132 cm³/mol. The van der Waals surface area contributed by atoms with Gasteiger partial charge in [0.25, 0.3) is 11.5 Å².